The van der Waals surface area contributed by atoms with E-state index in [0.717, 1.165) is 12.1 Å². The standard InChI is InChI=1S/C18H15ClF2N4O3/c19-11-7-23-17-15(11)14(1-3-22-17)28-16-12(20)5-10(6-13(16)21)25-18(26)24-9-2-4-27-8-9/h1,3,5-7,9H,2,4,8H2,(H,22,23)(H2,24,25,26). The van der Waals surface area contributed by atoms with Crippen LogP contribution in [0.4, 0.5) is 19.3 Å². The number of fused-ring (bicyclic) bond motifs is 1. The van der Waals surface area contributed by atoms with E-state index in [4.69, 9.17) is 21.1 Å². The number of halogens is 3. The molecule has 1 unspecified atom stereocenters. The summed E-state index contributed by atoms with van der Waals surface area (Å²) in [5.74, 6) is -2.42. The van der Waals surface area contributed by atoms with Crippen molar-refractivity contribution in [1.82, 2.24) is 15.3 Å². The molecule has 3 N–H and O–H groups in total. The molecule has 2 aromatic heterocycles. The Morgan fingerprint density at radius 2 is 2.14 bits per heavy atom. The number of aromatic amines is 1. The van der Waals surface area contributed by atoms with Gasteiger partial charge in [0.2, 0.25) is 0 Å². The number of carbonyl (C=O) groups is 1. The first-order chi connectivity index (χ1) is 13.5. The molecule has 146 valence electrons. The van der Waals surface area contributed by atoms with Gasteiger partial charge in [-0.1, -0.05) is 11.6 Å². The molecule has 0 spiro atoms. The first-order valence-corrected chi connectivity index (χ1v) is 8.83. The van der Waals surface area contributed by atoms with Gasteiger partial charge in [0.15, 0.2) is 17.4 Å². The number of hydrogen-bond donors (Lipinski definition) is 3. The van der Waals surface area contributed by atoms with Crippen LogP contribution in [0, 0.1) is 11.6 Å². The normalized spacial score (nSPS) is 16.3. The molecule has 1 fully saturated rings. The van der Waals surface area contributed by atoms with E-state index in [0.29, 0.717) is 35.7 Å². The molecule has 1 saturated heterocycles. The van der Waals surface area contributed by atoms with Gasteiger partial charge in [0.05, 0.1) is 23.1 Å². The zero-order chi connectivity index (χ0) is 19.7. The van der Waals surface area contributed by atoms with E-state index in [1.165, 1.54) is 18.5 Å². The van der Waals surface area contributed by atoms with E-state index in [-0.39, 0.29) is 17.5 Å². The molecule has 28 heavy (non-hydrogen) atoms. The van der Waals surface area contributed by atoms with Gasteiger partial charge in [0, 0.05) is 36.8 Å². The molecule has 10 heteroatoms. The van der Waals surface area contributed by atoms with Gasteiger partial charge < -0.3 is 25.1 Å². The number of amides is 2. The molecular formula is C18H15ClF2N4O3. The summed E-state index contributed by atoms with van der Waals surface area (Å²) in [6.45, 7) is 0.971. The molecule has 0 saturated carbocycles. The highest BCUT2D eigenvalue weighted by Crippen LogP contribution is 2.36. The fourth-order valence-electron chi connectivity index (χ4n) is 2.91. The Hall–Kier alpha value is -2.91. The Bertz CT molecular complexity index is 1010. The van der Waals surface area contributed by atoms with Crippen LogP contribution in [0.1, 0.15) is 6.42 Å². The summed E-state index contributed by atoms with van der Waals surface area (Å²) in [6, 6.07) is 2.69. The van der Waals surface area contributed by atoms with Crippen LogP contribution >= 0.6 is 11.6 Å². The van der Waals surface area contributed by atoms with Crippen molar-refractivity contribution in [3.05, 3.63) is 47.2 Å². The summed E-state index contributed by atoms with van der Waals surface area (Å²) in [7, 11) is 0. The van der Waals surface area contributed by atoms with Crippen molar-refractivity contribution < 1.29 is 23.0 Å². The summed E-state index contributed by atoms with van der Waals surface area (Å²) < 4.78 is 39.5. The SMILES string of the molecule is O=C(Nc1cc(F)c(Oc2ccnc3[nH]cc(Cl)c23)c(F)c1)NC1CCOC1. The van der Waals surface area contributed by atoms with E-state index < -0.39 is 23.4 Å². The Balaban J connectivity index is 1.54. The first-order valence-electron chi connectivity index (χ1n) is 8.45. The number of anilines is 1. The highest BCUT2D eigenvalue weighted by molar-refractivity contribution is 6.36. The maximum Gasteiger partial charge on any atom is 0.319 e. The van der Waals surface area contributed by atoms with Crippen molar-refractivity contribution in [3.63, 3.8) is 0 Å². The summed E-state index contributed by atoms with van der Waals surface area (Å²) in [4.78, 5) is 18.8. The van der Waals surface area contributed by atoms with E-state index in [2.05, 4.69) is 20.6 Å². The largest absolute Gasteiger partial charge is 0.450 e. The topological polar surface area (TPSA) is 88.3 Å². The number of carbonyl (C=O) groups excluding carboxylic acids is 1. The van der Waals surface area contributed by atoms with Crippen molar-refractivity contribution in [2.45, 2.75) is 12.5 Å². The first kappa shape index (κ1) is 18.5. The monoisotopic (exact) mass is 408 g/mol. The number of rotatable bonds is 4. The van der Waals surface area contributed by atoms with E-state index in [1.807, 2.05) is 0 Å². The molecule has 1 aromatic carbocycles. The van der Waals surface area contributed by atoms with Crippen molar-refractivity contribution in [2.24, 2.45) is 0 Å². The minimum Gasteiger partial charge on any atom is -0.450 e. The molecule has 1 aliphatic rings. The smallest absolute Gasteiger partial charge is 0.319 e. The van der Waals surface area contributed by atoms with Gasteiger partial charge in [-0.2, -0.15) is 0 Å². The lowest BCUT2D eigenvalue weighted by molar-refractivity contribution is 0.189. The van der Waals surface area contributed by atoms with Crippen molar-refractivity contribution in [1.29, 1.82) is 0 Å². The summed E-state index contributed by atoms with van der Waals surface area (Å²) in [6.07, 6.45) is 3.61. The third kappa shape index (κ3) is 3.71. The minimum absolute atomic E-state index is 0.0432. The van der Waals surface area contributed by atoms with Crippen LogP contribution in [0.3, 0.4) is 0 Å². The van der Waals surface area contributed by atoms with Gasteiger partial charge in [0.1, 0.15) is 11.4 Å². The average molecular weight is 409 g/mol. The predicted octanol–water partition coefficient (Wildman–Crippen LogP) is 4.20. The van der Waals surface area contributed by atoms with Crippen LogP contribution in [-0.2, 0) is 4.74 Å². The summed E-state index contributed by atoms with van der Waals surface area (Å²) >= 11 is 6.07. The molecule has 3 heterocycles. The third-order valence-corrected chi connectivity index (χ3v) is 4.52. The summed E-state index contributed by atoms with van der Waals surface area (Å²) in [5, 5.41) is 5.78. The number of H-pyrrole nitrogens is 1. The maximum atomic E-state index is 14.5. The van der Waals surface area contributed by atoms with Crippen LogP contribution in [0.5, 0.6) is 11.5 Å². The van der Waals surface area contributed by atoms with Crippen LogP contribution in [0.2, 0.25) is 5.02 Å². The second-order valence-corrected chi connectivity index (χ2v) is 6.61. The second kappa shape index (κ2) is 7.61. The zero-order valence-electron chi connectivity index (χ0n) is 14.4. The fraction of sp³-hybridized carbons (Fsp3) is 0.222. The lowest BCUT2D eigenvalue weighted by Crippen LogP contribution is -2.38. The number of pyridine rings is 1. The molecular weight excluding hydrogens is 394 g/mol. The Morgan fingerprint density at radius 3 is 2.86 bits per heavy atom. The number of urea groups is 1. The predicted molar refractivity (Wildman–Crippen MR) is 98.9 cm³/mol. The van der Waals surface area contributed by atoms with E-state index in [1.54, 1.807) is 0 Å². The molecule has 7 nitrogen and oxygen atoms in total. The molecule has 0 bridgehead atoms. The lowest BCUT2D eigenvalue weighted by Gasteiger charge is -2.14. The Kier molecular flexibility index (Phi) is 5.01. The van der Waals surface area contributed by atoms with Gasteiger partial charge in [-0.05, 0) is 12.5 Å². The molecule has 4 rings (SSSR count). The maximum absolute atomic E-state index is 14.5. The Morgan fingerprint density at radius 1 is 1.36 bits per heavy atom. The number of aromatic nitrogens is 2. The summed E-state index contributed by atoms with van der Waals surface area (Å²) in [5.41, 5.74) is 0.382. The van der Waals surface area contributed by atoms with Gasteiger partial charge >= 0.3 is 6.03 Å². The van der Waals surface area contributed by atoms with Gasteiger partial charge in [0.25, 0.3) is 0 Å². The average Bonchev–Trinajstić information content (AvgIpc) is 3.28. The van der Waals surface area contributed by atoms with E-state index >= 15 is 0 Å². The van der Waals surface area contributed by atoms with Crippen molar-refractivity contribution in [2.75, 3.05) is 18.5 Å². The van der Waals surface area contributed by atoms with Crippen LogP contribution in [-0.4, -0.2) is 35.3 Å². The van der Waals surface area contributed by atoms with Gasteiger partial charge in [-0.25, -0.2) is 18.6 Å². The third-order valence-electron chi connectivity index (χ3n) is 4.22. The lowest BCUT2D eigenvalue weighted by atomic mass is 10.2. The van der Waals surface area contributed by atoms with Crippen LogP contribution in [0.15, 0.2) is 30.6 Å². The van der Waals surface area contributed by atoms with Gasteiger partial charge in [-0.15, -0.1) is 0 Å². The highest BCUT2D eigenvalue weighted by atomic mass is 35.5. The number of nitrogens with zero attached hydrogens (tertiary/aromatic N) is 1. The van der Waals surface area contributed by atoms with Crippen molar-refractivity contribution >= 4 is 34.4 Å². The zero-order valence-corrected chi connectivity index (χ0v) is 15.1. The van der Waals surface area contributed by atoms with Crippen LogP contribution in [0.25, 0.3) is 11.0 Å². The van der Waals surface area contributed by atoms with E-state index in [9.17, 15) is 13.6 Å². The number of benzene rings is 1. The molecule has 0 radical (unpaired) electrons. The van der Waals surface area contributed by atoms with Crippen LogP contribution < -0.4 is 15.4 Å². The number of hydrogen-bond acceptors (Lipinski definition) is 4. The quantitative estimate of drug-likeness (QED) is 0.603. The molecule has 1 atom stereocenters. The highest BCUT2D eigenvalue weighted by Gasteiger charge is 2.20. The van der Waals surface area contributed by atoms with Gasteiger partial charge in [-0.3, -0.25) is 0 Å². The molecule has 0 aliphatic carbocycles. The van der Waals surface area contributed by atoms with Crippen molar-refractivity contribution in [3.8, 4) is 11.5 Å². The number of ether oxygens (including phenoxy) is 2. The Labute approximate surface area is 163 Å². The minimum atomic E-state index is -0.976. The molecule has 2 amide bonds. The fourth-order valence-corrected chi connectivity index (χ4v) is 3.15. The second-order valence-electron chi connectivity index (χ2n) is 6.20. The molecule has 1 aliphatic heterocycles. The molecule has 3 aromatic rings. The number of nitrogens with one attached hydrogen (secondary N) is 3.